The molecule has 2 aliphatic rings. The Labute approximate surface area is 112 Å². The number of rotatable bonds is 1. The first-order valence-electron chi connectivity index (χ1n) is 6.52. The highest BCUT2D eigenvalue weighted by Crippen LogP contribution is 2.41. The number of hydrogen-bond donors (Lipinski definition) is 0. The maximum atomic E-state index is 13.2. The molecule has 2 nitrogen and oxygen atoms in total. The molecular weight excluding hydrogens is 273 g/mol. The molecule has 0 N–H and O–H groups in total. The highest BCUT2D eigenvalue weighted by atomic mass is 28.3. The summed E-state index contributed by atoms with van der Waals surface area (Å²) in [6.45, 7) is 6.28. The van der Waals surface area contributed by atoms with Crippen molar-refractivity contribution in [2.24, 2.45) is 5.92 Å². The van der Waals surface area contributed by atoms with Crippen molar-refractivity contribution in [1.29, 1.82) is 0 Å². The molecule has 0 amide bonds. The van der Waals surface area contributed by atoms with Gasteiger partial charge in [-0.05, 0) is 19.3 Å². The van der Waals surface area contributed by atoms with E-state index in [-0.39, 0.29) is 11.7 Å². The minimum absolute atomic E-state index is 0.00301. The van der Waals surface area contributed by atoms with Gasteiger partial charge in [0.25, 0.3) is 0 Å². The van der Waals surface area contributed by atoms with E-state index in [1.165, 1.54) is 0 Å². The van der Waals surface area contributed by atoms with Crippen LogP contribution in [0.2, 0.25) is 19.6 Å². The Bertz CT molecular complexity index is 419. The molecule has 1 fully saturated rings. The molecule has 1 atom stereocenters. The van der Waals surface area contributed by atoms with Crippen LogP contribution in [0.3, 0.4) is 0 Å². The molecule has 1 saturated heterocycles. The summed E-state index contributed by atoms with van der Waals surface area (Å²) in [5.74, 6) is -1.12. The Balaban J connectivity index is 2.43. The average Bonchev–Trinajstić information content (AvgIpc) is 2.46. The highest BCUT2D eigenvalue weighted by molar-refractivity contribution is 6.82. The van der Waals surface area contributed by atoms with E-state index >= 15 is 0 Å². The lowest BCUT2D eigenvalue weighted by Gasteiger charge is -2.27. The van der Waals surface area contributed by atoms with E-state index in [1.54, 1.807) is 0 Å². The van der Waals surface area contributed by atoms with Crippen LogP contribution in [0.4, 0.5) is 13.2 Å². The molecule has 0 bridgehead atoms. The van der Waals surface area contributed by atoms with Crippen LogP contribution in [0.25, 0.3) is 0 Å². The van der Waals surface area contributed by atoms with Gasteiger partial charge in [0, 0.05) is 5.92 Å². The monoisotopic (exact) mass is 292 g/mol. The molecule has 6 heteroatoms. The number of hydrogen-bond acceptors (Lipinski definition) is 2. The van der Waals surface area contributed by atoms with E-state index in [9.17, 15) is 13.2 Å². The van der Waals surface area contributed by atoms with Crippen molar-refractivity contribution in [1.82, 2.24) is 0 Å². The third-order valence-electron chi connectivity index (χ3n) is 3.35. The van der Waals surface area contributed by atoms with E-state index in [0.717, 1.165) is 12.8 Å². The van der Waals surface area contributed by atoms with Crippen LogP contribution in [-0.2, 0) is 9.47 Å². The molecule has 2 aliphatic heterocycles. The molecular formula is C13H19F3O2Si. The number of fused-ring (bicyclic) bond motifs is 1. The molecule has 1 unspecified atom stereocenters. The van der Waals surface area contributed by atoms with Crippen LogP contribution < -0.4 is 0 Å². The van der Waals surface area contributed by atoms with E-state index in [1.807, 2.05) is 25.7 Å². The normalized spacial score (nSPS) is 24.9. The minimum Gasteiger partial charge on any atom is -0.494 e. The first-order chi connectivity index (χ1) is 8.69. The van der Waals surface area contributed by atoms with Crippen LogP contribution in [-0.4, -0.2) is 20.9 Å². The van der Waals surface area contributed by atoms with Crippen molar-refractivity contribution in [2.45, 2.75) is 45.1 Å². The Hall–Kier alpha value is -0.913. The third kappa shape index (κ3) is 3.16. The fourth-order valence-electron chi connectivity index (χ4n) is 2.34. The quantitative estimate of drug-likeness (QED) is 0.668. The summed E-state index contributed by atoms with van der Waals surface area (Å²) in [5, 5.41) is 0.505. The van der Waals surface area contributed by atoms with Crippen molar-refractivity contribution in [3.63, 3.8) is 0 Å². The molecule has 108 valence electrons. The maximum Gasteiger partial charge on any atom is 0.453 e. The van der Waals surface area contributed by atoms with Gasteiger partial charge in [0.1, 0.15) is 13.8 Å². The van der Waals surface area contributed by atoms with E-state index < -0.39 is 20.0 Å². The second-order valence-electron chi connectivity index (χ2n) is 6.03. The van der Waals surface area contributed by atoms with Gasteiger partial charge in [0.05, 0.1) is 12.0 Å². The van der Waals surface area contributed by atoms with Gasteiger partial charge in [-0.3, -0.25) is 0 Å². The Morgan fingerprint density at radius 2 is 1.95 bits per heavy atom. The molecule has 19 heavy (non-hydrogen) atoms. The zero-order valence-corrected chi connectivity index (χ0v) is 12.4. The number of halogens is 3. The summed E-state index contributed by atoms with van der Waals surface area (Å²) in [7, 11) is -1.92. The third-order valence-corrected chi connectivity index (χ3v) is 5.13. The van der Waals surface area contributed by atoms with Gasteiger partial charge in [-0.1, -0.05) is 25.7 Å². The molecule has 0 aliphatic carbocycles. The summed E-state index contributed by atoms with van der Waals surface area (Å²) in [4.78, 5) is 0. The van der Waals surface area contributed by atoms with E-state index in [0.29, 0.717) is 18.4 Å². The zero-order chi connectivity index (χ0) is 14.3. The van der Waals surface area contributed by atoms with Gasteiger partial charge < -0.3 is 9.47 Å². The number of alkyl halides is 3. The number of ether oxygens (including phenoxy) is 2. The van der Waals surface area contributed by atoms with Gasteiger partial charge in [0.15, 0.2) is 0 Å². The lowest BCUT2D eigenvalue weighted by atomic mass is 9.94. The summed E-state index contributed by atoms with van der Waals surface area (Å²) in [6.07, 6.45) is -0.546. The molecule has 0 aromatic carbocycles. The van der Waals surface area contributed by atoms with Crippen molar-refractivity contribution < 1.29 is 22.6 Å². The fraction of sp³-hybridized carbons (Fsp3) is 0.692. The molecule has 0 aromatic heterocycles. The average molecular weight is 292 g/mol. The lowest BCUT2D eigenvalue weighted by molar-refractivity contribution is -0.130. The second-order valence-corrected chi connectivity index (χ2v) is 11.0. The molecule has 0 spiro atoms. The van der Waals surface area contributed by atoms with Crippen LogP contribution >= 0.6 is 0 Å². The largest absolute Gasteiger partial charge is 0.494 e. The summed E-state index contributed by atoms with van der Waals surface area (Å²) < 4.78 is 50.1. The second kappa shape index (κ2) is 4.88. The van der Waals surface area contributed by atoms with Crippen LogP contribution in [0.5, 0.6) is 0 Å². The summed E-state index contributed by atoms with van der Waals surface area (Å²) in [5.41, 5.74) is 0. The van der Waals surface area contributed by atoms with Crippen molar-refractivity contribution in [3.05, 3.63) is 23.0 Å². The first-order valence-corrected chi connectivity index (χ1v) is 10.0. The number of allylic oxidation sites excluding steroid dienone is 3. The molecule has 2 heterocycles. The Morgan fingerprint density at radius 3 is 2.53 bits per heavy atom. The van der Waals surface area contributed by atoms with Gasteiger partial charge in [-0.15, -0.1) is 0 Å². The van der Waals surface area contributed by atoms with E-state index in [2.05, 4.69) is 0 Å². The molecule has 0 aromatic rings. The Morgan fingerprint density at radius 1 is 1.26 bits per heavy atom. The van der Waals surface area contributed by atoms with Gasteiger partial charge in [-0.25, -0.2) is 0 Å². The predicted octanol–water partition coefficient (Wildman–Crippen LogP) is 4.37. The summed E-state index contributed by atoms with van der Waals surface area (Å²) in [6, 6.07) is 0. The highest BCUT2D eigenvalue weighted by Gasteiger charge is 2.45. The minimum atomic E-state index is -4.49. The van der Waals surface area contributed by atoms with Crippen molar-refractivity contribution >= 4 is 8.07 Å². The van der Waals surface area contributed by atoms with Crippen molar-refractivity contribution in [2.75, 3.05) is 6.61 Å². The van der Waals surface area contributed by atoms with Gasteiger partial charge in [-0.2, -0.15) is 13.2 Å². The van der Waals surface area contributed by atoms with Crippen LogP contribution in [0.15, 0.2) is 23.0 Å². The lowest BCUT2D eigenvalue weighted by Crippen LogP contribution is -2.29. The van der Waals surface area contributed by atoms with Gasteiger partial charge >= 0.3 is 6.18 Å². The predicted molar refractivity (Wildman–Crippen MR) is 68.9 cm³/mol. The summed E-state index contributed by atoms with van der Waals surface area (Å²) >= 11 is 0. The fourth-order valence-corrected chi connectivity index (χ4v) is 3.48. The molecule has 0 radical (unpaired) electrons. The standard InChI is InChI=1S/C13H19F3O2Si/c1-19(2,3)10-7-6-9-5-4-8-17-11(9)12(18-10)13(14,15)16/h7,9H,4-6,8H2,1-3H3. The van der Waals surface area contributed by atoms with E-state index in [4.69, 9.17) is 9.47 Å². The topological polar surface area (TPSA) is 18.5 Å². The van der Waals surface area contributed by atoms with Crippen LogP contribution in [0.1, 0.15) is 19.3 Å². The van der Waals surface area contributed by atoms with Crippen LogP contribution in [0, 0.1) is 5.92 Å². The van der Waals surface area contributed by atoms with Gasteiger partial charge in [0.2, 0.25) is 5.76 Å². The maximum absolute atomic E-state index is 13.2. The first kappa shape index (κ1) is 14.5. The zero-order valence-electron chi connectivity index (χ0n) is 11.4. The molecule has 0 saturated carbocycles. The Kier molecular flexibility index (Phi) is 3.73. The van der Waals surface area contributed by atoms with Crippen molar-refractivity contribution in [3.8, 4) is 0 Å². The SMILES string of the molecule is C[Si](C)(C)C1=CCC2CCCOC2=C(C(F)(F)F)O1. The molecule has 2 rings (SSSR count). The smallest absolute Gasteiger partial charge is 0.453 e.